The first-order valence-corrected chi connectivity index (χ1v) is 19.5. The second-order valence-corrected chi connectivity index (χ2v) is 13.0. The molecular weight excluding hydrogens is 548 g/mol. The molecule has 1 rings (SSSR count). The van der Waals surface area contributed by atoms with Gasteiger partial charge in [0.1, 0.15) is 0 Å². The lowest BCUT2D eigenvalue weighted by atomic mass is 10.0. The van der Waals surface area contributed by atoms with Gasteiger partial charge in [-0.3, -0.25) is 0 Å². The van der Waals surface area contributed by atoms with Gasteiger partial charge < -0.3 is 9.30 Å². The Morgan fingerprint density at radius 1 is 0.533 bits per heavy atom. The molecule has 0 saturated heterocycles. The van der Waals surface area contributed by atoms with E-state index in [1.54, 1.807) is 0 Å². The molecule has 1 aromatic heterocycles. The summed E-state index contributed by atoms with van der Waals surface area (Å²) in [7, 11) is 0. The topological polar surface area (TPSA) is 27.1 Å². The average molecular weight is 623 g/mol. The van der Waals surface area contributed by atoms with Gasteiger partial charge in [0.05, 0.1) is 19.0 Å². The molecule has 0 amide bonds. The summed E-state index contributed by atoms with van der Waals surface area (Å²) in [5.41, 5.74) is 0. The Balaban J connectivity index is 2.06. The highest BCUT2D eigenvalue weighted by molar-refractivity contribution is 4.93. The molecule has 0 aliphatic carbocycles. The lowest BCUT2D eigenvalue weighted by Gasteiger charge is -2.18. The van der Waals surface area contributed by atoms with Crippen molar-refractivity contribution in [2.24, 2.45) is 0 Å². The molecule has 0 fully saturated rings. The van der Waals surface area contributed by atoms with E-state index in [1.807, 2.05) is 18.7 Å². The maximum Gasteiger partial charge on any atom is 0.0946 e. The Bertz CT molecular complexity index is 759. The molecule has 0 atom stereocenters. The molecule has 0 aliphatic rings. The van der Waals surface area contributed by atoms with Gasteiger partial charge in [-0.05, 0) is 77.0 Å². The van der Waals surface area contributed by atoms with Crippen LogP contribution >= 0.6 is 0 Å². The van der Waals surface area contributed by atoms with Crippen LogP contribution in [0.2, 0.25) is 0 Å². The summed E-state index contributed by atoms with van der Waals surface area (Å²) in [6.07, 6.45) is 58.9. The van der Waals surface area contributed by atoms with Crippen molar-refractivity contribution < 1.29 is 4.74 Å². The first kappa shape index (κ1) is 41.2. The molecule has 1 aromatic rings. The minimum atomic E-state index is 0.421. The summed E-state index contributed by atoms with van der Waals surface area (Å²) in [4.78, 5) is 4.16. The van der Waals surface area contributed by atoms with Gasteiger partial charge in [-0.1, -0.05) is 152 Å². The van der Waals surface area contributed by atoms with Crippen LogP contribution < -0.4 is 0 Å². The number of aromatic nitrogens is 2. The second-order valence-electron chi connectivity index (χ2n) is 13.0. The first-order chi connectivity index (χ1) is 22.4. The number of ether oxygens (including phenoxy) is 1. The van der Waals surface area contributed by atoms with Crippen LogP contribution in [-0.4, -0.2) is 22.3 Å². The highest BCUT2D eigenvalue weighted by atomic mass is 16.5. The van der Waals surface area contributed by atoms with Crippen LogP contribution in [0.3, 0.4) is 0 Å². The Kier molecular flexibility index (Phi) is 32.0. The standard InChI is InChI=1S/C42H74N2O/c1-3-5-7-9-11-13-15-17-19-21-23-25-27-29-31-33-35-42(45-40-39-44-38-37-43-41-44)36-34-32-30-28-26-24-22-20-18-16-14-12-10-8-6-4-2/h11-14,17-20,37-38,41-42H,3-10,15-16,21-36,39-40H2,1-2H3/b13-11-,14-12-,19-17-,20-18-. The number of hydrogen-bond acceptors (Lipinski definition) is 2. The molecule has 3 heteroatoms. The number of imidazole rings is 1. The lowest BCUT2D eigenvalue weighted by molar-refractivity contribution is 0.0333. The quantitative estimate of drug-likeness (QED) is 0.0565. The Morgan fingerprint density at radius 3 is 1.38 bits per heavy atom. The van der Waals surface area contributed by atoms with Crippen molar-refractivity contribution in [2.75, 3.05) is 6.61 Å². The Labute approximate surface area is 281 Å². The van der Waals surface area contributed by atoms with Crippen LogP contribution in [0.15, 0.2) is 67.3 Å². The molecule has 0 bridgehead atoms. The number of unbranched alkanes of at least 4 members (excludes halogenated alkanes) is 18. The van der Waals surface area contributed by atoms with Gasteiger partial charge in [0.25, 0.3) is 0 Å². The zero-order chi connectivity index (χ0) is 32.1. The molecule has 258 valence electrons. The number of nitrogens with zero attached hydrogens (tertiary/aromatic N) is 2. The van der Waals surface area contributed by atoms with Crippen LogP contribution in [0.25, 0.3) is 0 Å². The van der Waals surface area contributed by atoms with Crippen molar-refractivity contribution in [3.8, 4) is 0 Å². The average Bonchev–Trinajstić information content (AvgIpc) is 3.57. The third kappa shape index (κ3) is 30.5. The molecule has 1 heterocycles. The van der Waals surface area contributed by atoms with Gasteiger partial charge in [0.15, 0.2) is 0 Å². The van der Waals surface area contributed by atoms with Crippen LogP contribution in [0.5, 0.6) is 0 Å². The zero-order valence-electron chi connectivity index (χ0n) is 30.0. The van der Waals surface area contributed by atoms with Gasteiger partial charge in [0, 0.05) is 18.9 Å². The van der Waals surface area contributed by atoms with Gasteiger partial charge in [0.2, 0.25) is 0 Å². The summed E-state index contributed by atoms with van der Waals surface area (Å²) in [5.74, 6) is 0. The summed E-state index contributed by atoms with van der Waals surface area (Å²) in [5, 5.41) is 0. The number of hydrogen-bond donors (Lipinski definition) is 0. The number of allylic oxidation sites excluding steroid dienone is 8. The van der Waals surface area contributed by atoms with Crippen LogP contribution in [0, 0.1) is 0 Å². The highest BCUT2D eigenvalue weighted by Crippen LogP contribution is 2.17. The minimum absolute atomic E-state index is 0.421. The molecule has 0 saturated carbocycles. The maximum absolute atomic E-state index is 6.39. The normalized spacial score (nSPS) is 12.4. The molecular formula is C42H74N2O. The molecule has 3 nitrogen and oxygen atoms in total. The zero-order valence-corrected chi connectivity index (χ0v) is 30.0. The monoisotopic (exact) mass is 623 g/mol. The fourth-order valence-corrected chi connectivity index (χ4v) is 5.78. The van der Waals surface area contributed by atoms with Crippen molar-refractivity contribution in [1.29, 1.82) is 0 Å². The summed E-state index contributed by atoms with van der Waals surface area (Å²) >= 11 is 0. The van der Waals surface area contributed by atoms with E-state index < -0.39 is 0 Å². The molecule has 0 aliphatic heterocycles. The summed E-state index contributed by atoms with van der Waals surface area (Å²) < 4.78 is 8.51. The summed E-state index contributed by atoms with van der Waals surface area (Å²) in [6, 6.07) is 0. The van der Waals surface area contributed by atoms with E-state index in [1.165, 1.54) is 154 Å². The number of rotatable bonds is 34. The van der Waals surface area contributed by atoms with E-state index >= 15 is 0 Å². The van der Waals surface area contributed by atoms with Crippen molar-refractivity contribution in [2.45, 2.75) is 193 Å². The van der Waals surface area contributed by atoms with Gasteiger partial charge in [-0.15, -0.1) is 0 Å². The first-order valence-electron chi connectivity index (χ1n) is 19.5. The van der Waals surface area contributed by atoms with E-state index in [4.69, 9.17) is 4.74 Å². The second kappa shape index (κ2) is 35.0. The van der Waals surface area contributed by atoms with E-state index in [2.05, 4.69) is 72.0 Å². The van der Waals surface area contributed by atoms with Crippen LogP contribution in [0.1, 0.15) is 181 Å². The van der Waals surface area contributed by atoms with Crippen LogP contribution in [0.4, 0.5) is 0 Å². The van der Waals surface area contributed by atoms with Gasteiger partial charge in [-0.25, -0.2) is 4.98 Å². The fourth-order valence-electron chi connectivity index (χ4n) is 5.78. The molecule has 0 aromatic carbocycles. The Hall–Kier alpha value is -1.87. The lowest BCUT2D eigenvalue weighted by Crippen LogP contribution is -2.16. The highest BCUT2D eigenvalue weighted by Gasteiger charge is 2.09. The third-order valence-electron chi connectivity index (χ3n) is 8.72. The molecule has 0 radical (unpaired) electrons. The Morgan fingerprint density at radius 2 is 0.956 bits per heavy atom. The van der Waals surface area contributed by atoms with E-state index in [0.29, 0.717) is 6.10 Å². The van der Waals surface area contributed by atoms with E-state index in [9.17, 15) is 0 Å². The van der Waals surface area contributed by atoms with Crippen LogP contribution in [-0.2, 0) is 11.3 Å². The van der Waals surface area contributed by atoms with Crippen molar-refractivity contribution in [3.05, 3.63) is 67.3 Å². The molecule has 0 unspecified atom stereocenters. The van der Waals surface area contributed by atoms with Crippen molar-refractivity contribution >= 4 is 0 Å². The maximum atomic E-state index is 6.39. The van der Waals surface area contributed by atoms with Crippen molar-refractivity contribution in [1.82, 2.24) is 9.55 Å². The third-order valence-corrected chi connectivity index (χ3v) is 8.72. The smallest absolute Gasteiger partial charge is 0.0946 e. The largest absolute Gasteiger partial charge is 0.376 e. The predicted octanol–water partition coefficient (Wildman–Crippen LogP) is 13.7. The van der Waals surface area contributed by atoms with E-state index in [0.717, 1.165) is 26.0 Å². The minimum Gasteiger partial charge on any atom is -0.376 e. The van der Waals surface area contributed by atoms with Gasteiger partial charge >= 0.3 is 0 Å². The van der Waals surface area contributed by atoms with Gasteiger partial charge in [-0.2, -0.15) is 0 Å². The molecule has 0 spiro atoms. The van der Waals surface area contributed by atoms with E-state index in [-0.39, 0.29) is 0 Å². The summed E-state index contributed by atoms with van der Waals surface area (Å²) in [6.45, 7) is 6.24. The fraction of sp³-hybridized carbons (Fsp3) is 0.738. The SMILES string of the molecule is CCCCC/C=C\C/C=C\CCCCCCCCC(CCCCCCCC/C=C\C/C=C\CCCCC)OCCn1ccnc1. The predicted molar refractivity (Wildman–Crippen MR) is 200 cm³/mol. The molecule has 0 N–H and O–H groups in total. The van der Waals surface area contributed by atoms with Crippen molar-refractivity contribution in [3.63, 3.8) is 0 Å². The molecule has 45 heavy (non-hydrogen) atoms.